The number of nitrogens with zero attached hydrogens (tertiary/aromatic N) is 2. The van der Waals surface area contributed by atoms with Crippen LogP contribution in [0.4, 0.5) is 11.4 Å². The lowest BCUT2D eigenvalue weighted by molar-refractivity contribution is 0.0996. The minimum absolute atomic E-state index is 0.0944. The van der Waals surface area contributed by atoms with Gasteiger partial charge in [-0.05, 0) is 67.4 Å². The molecule has 1 aliphatic heterocycles. The van der Waals surface area contributed by atoms with Crippen molar-refractivity contribution in [3.8, 4) is 21.8 Å². The van der Waals surface area contributed by atoms with Crippen molar-refractivity contribution in [2.75, 3.05) is 15.9 Å². The minimum atomic E-state index is -3.31. The van der Waals surface area contributed by atoms with Crippen LogP contribution in [0.1, 0.15) is 23.0 Å². The van der Waals surface area contributed by atoms with E-state index in [1.165, 1.54) is 28.2 Å². The van der Waals surface area contributed by atoms with Crippen LogP contribution < -0.4 is 9.62 Å². The molecule has 0 bridgehead atoms. The van der Waals surface area contributed by atoms with Gasteiger partial charge in [0.1, 0.15) is 5.01 Å². The Bertz CT molecular complexity index is 1420. The van der Waals surface area contributed by atoms with E-state index in [0.717, 1.165) is 33.1 Å². The Labute approximate surface area is 195 Å². The van der Waals surface area contributed by atoms with E-state index in [4.69, 9.17) is 9.40 Å². The van der Waals surface area contributed by atoms with Gasteiger partial charge in [0.25, 0.3) is 5.91 Å². The number of benzene rings is 2. The summed E-state index contributed by atoms with van der Waals surface area (Å²) in [6.45, 7) is 1.92. The highest BCUT2D eigenvalue weighted by molar-refractivity contribution is 7.92. The Morgan fingerprint density at radius 2 is 1.91 bits per heavy atom. The Hall–Kier alpha value is -3.43. The maximum atomic E-state index is 12.2. The van der Waals surface area contributed by atoms with Gasteiger partial charge in [-0.3, -0.25) is 9.10 Å². The molecule has 0 fully saturated rings. The third kappa shape index (κ3) is 4.17. The van der Waals surface area contributed by atoms with Gasteiger partial charge in [-0.15, -0.1) is 11.3 Å². The predicted octanol–water partition coefficient (Wildman–Crippen LogP) is 5.03. The van der Waals surface area contributed by atoms with Crippen LogP contribution in [-0.4, -0.2) is 31.6 Å². The number of sulfonamides is 1. The number of fused-ring (bicyclic) bond motifs is 1. The van der Waals surface area contributed by atoms with Crippen molar-refractivity contribution in [2.24, 2.45) is 0 Å². The van der Waals surface area contributed by atoms with Crippen LogP contribution in [0.3, 0.4) is 0 Å². The van der Waals surface area contributed by atoms with E-state index >= 15 is 0 Å². The van der Waals surface area contributed by atoms with Crippen LogP contribution in [0.5, 0.6) is 0 Å². The quantitative estimate of drug-likeness (QED) is 0.433. The van der Waals surface area contributed by atoms with E-state index in [2.05, 4.69) is 5.32 Å². The summed E-state index contributed by atoms with van der Waals surface area (Å²) >= 11 is 1.53. The molecule has 2 aromatic carbocycles. The van der Waals surface area contributed by atoms with Crippen LogP contribution in [0.15, 0.2) is 70.7 Å². The van der Waals surface area contributed by atoms with Crippen LogP contribution in [0, 0.1) is 0 Å². The van der Waals surface area contributed by atoms with Gasteiger partial charge in [-0.2, -0.15) is 0 Å². The first-order valence-corrected chi connectivity index (χ1v) is 13.1. The number of amides is 1. The number of hydrogen-bond acceptors (Lipinski definition) is 6. The maximum absolute atomic E-state index is 12.2. The van der Waals surface area contributed by atoms with Crippen molar-refractivity contribution in [1.29, 1.82) is 0 Å². The fourth-order valence-corrected chi connectivity index (χ4v) is 6.20. The summed E-state index contributed by atoms with van der Waals surface area (Å²) in [5.41, 5.74) is 5.17. The molecule has 5 rings (SSSR count). The van der Waals surface area contributed by atoms with Gasteiger partial charge in [-0.1, -0.05) is 6.07 Å². The van der Waals surface area contributed by atoms with E-state index in [1.807, 2.05) is 54.8 Å². The fraction of sp³-hybridized carbons (Fsp3) is 0.167. The molecule has 1 atom stereocenters. The molecule has 0 saturated heterocycles. The summed E-state index contributed by atoms with van der Waals surface area (Å²) < 4.78 is 30.9. The van der Waals surface area contributed by atoms with Crippen molar-refractivity contribution in [3.63, 3.8) is 0 Å². The molecule has 0 aliphatic carbocycles. The van der Waals surface area contributed by atoms with E-state index < -0.39 is 10.0 Å². The molecule has 0 saturated carbocycles. The first kappa shape index (κ1) is 21.4. The Balaban J connectivity index is 1.35. The summed E-state index contributed by atoms with van der Waals surface area (Å²) in [5.74, 6) is -0.0447. The van der Waals surface area contributed by atoms with Crippen LogP contribution in [-0.2, 0) is 16.4 Å². The molecule has 1 amide bonds. The summed E-state index contributed by atoms with van der Waals surface area (Å²) in [5, 5.41) is 5.66. The largest absolute Gasteiger partial charge is 0.459 e. The van der Waals surface area contributed by atoms with E-state index in [9.17, 15) is 13.2 Å². The topological polar surface area (TPSA) is 92.5 Å². The highest BCUT2D eigenvalue weighted by Crippen LogP contribution is 2.38. The van der Waals surface area contributed by atoms with Gasteiger partial charge < -0.3 is 9.73 Å². The maximum Gasteiger partial charge on any atom is 0.291 e. The first-order valence-electron chi connectivity index (χ1n) is 10.3. The van der Waals surface area contributed by atoms with Crippen molar-refractivity contribution in [2.45, 2.75) is 19.4 Å². The molecule has 1 unspecified atom stereocenters. The Kier molecular flexibility index (Phi) is 5.30. The second-order valence-electron chi connectivity index (χ2n) is 8.00. The summed E-state index contributed by atoms with van der Waals surface area (Å²) in [6.07, 6.45) is 3.38. The first-order chi connectivity index (χ1) is 15.8. The summed E-state index contributed by atoms with van der Waals surface area (Å²) in [7, 11) is -3.31. The molecule has 0 radical (unpaired) electrons. The van der Waals surface area contributed by atoms with Gasteiger partial charge >= 0.3 is 0 Å². The monoisotopic (exact) mass is 479 g/mol. The van der Waals surface area contributed by atoms with Crippen molar-refractivity contribution < 1.29 is 17.6 Å². The lowest BCUT2D eigenvalue weighted by Gasteiger charge is -2.21. The number of hydrogen-bond donors (Lipinski definition) is 1. The van der Waals surface area contributed by atoms with Crippen LogP contribution in [0.2, 0.25) is 0 Å². The number of aromatic nitrogens is 1. The Morgan fingerprint density at radius 3 is 2.61 bits per heavy atom. The normalized spacial score (nSPS) is 15.5. The third-order valence-electron chi connectivity index (χ3n) is 5.52. The van der Waals surface area contributed by atoms with Crippen molar-refractivity contribution in [1.82, 2.24) is 4.98 Å². The van der Waals surface area contributed by atoms with Crippen LogP contribution >= 0.6 is 11.3 Å². The van der Waals surface area contributed by atoms with Crippen molar-refractivity contribution >= 4 is 38.6 Å². The third-order valence-corrected chi connectivity index (χ3v) is 7.69. The molecule has 7 nitrogen and oxygen atoms in total. The average Bonchev–Trinajstić information content (AvgIpc) is 3.52. The highest BCUT2D eigenvalue weighted by Gasteiger charge is 2.32. The molecular weight excluding hydrogens is 458 g/mol. The molecular formula is C24H21N3O4S2. The van der Waals surface area contributed by atoms with Crippen molar-refractivity contribution in [3.05, 3.63) is 77.6 Å². The highest BCUT2D eigenvalue weighted by atomic mass is 32.2. The Morgan fingerprint density at radius 1 is 1.15 bits per heavy atom. The lowest BCUT2D eigenvalue weighted by atomic mass is 10.1. The number of anilines is 2. The van der Waals surface area contributed by atoms with Gasteiger partial charge in [0.2, 0.25) is 10.0 Å². The number of furan rings is 1. The fourth-order valence-electron chi connectivity index (χ4n) is 4.10. The van der Waals surface area contributed by atoms with E-state index in [1.54, 1.807) is 12.1 Å². The smallest absolute Gasteiger partial charge is 0.291 e. The predicted molar refractivity (Wildman–Crippen MR) is 130 cm³/mol. The molecule has 9 heteroatoms. The summed E-state index contributed by atoms with van der Waals surface area (Å²) in [4.78, 5) is 16.9. The number of rotatable bonds is 5. The molecule has 1 aliphatic rings. The number of thiazole rings is 1. The standard InChI is InChI=1S/C24H21N3O4S2/c1-15-12-18-13-17(7-10-21(18)27(15)33(2,29)30)20-14-32-24(26-20)16-5-8-19(9-6-16)25-23(28)22-4-3-11-31-22/h3-11,13-15H,12H2,1-2H3,(H,25,28). The van der Waals surface area contributed by atoms with Gasteiger partial charge in [0.15, 0.2) is 5.76 Å². The van der Waals surface area contributed by atoms with Gasteiger partial charge in [0.05, 0.1) is 23.9 Å². The molecule has 1 N–H and O–H groups in total. The lowest BCUT2D eigenvalue weighted by Crippen LogP contribution is -2.34. The van der Waals surface area contributed by atoms with Crippen LogP contribution in [0.25, 0.3) is 21.8 Å². The molecule has 2 aromatic heterocycles. The molecule has 4 aromatic rings. The van der Waals surface area contributed by atoms with E-state index in [-0.39, 0.29) is 17.7 Å². The second kappa shape index (κ2) is 8.17. The molecule has 3 heterocycles. The minimum Gasteiger partial charge on any atom is -0.459 e. The average molecular weight is 480 g/mol. The number of carbonyl (C=O) groups is 1. The number of carbonyl (C=O) groups excluding carboxylic acids is 1. The molecule has 0 spiro atoms. The molecule has 168 valence electrons. The zero-order valence-corrected chi connectivity index (χ0v) is 19.6. The second-order valence-corrected chi connectivity index (χ2v) is 10.7. The van der Waals surface area contributed by atoms with Gasteiger partial charge in [0, 0.05) is 28.2 Å². The zero-order valence-electron chi connectivity index (χ0n) is 18.0. The van der Waals surface area contributed by atoms with E-state index in [0.29, 0.717) is 12.1 Å². The zero-order chi connectivity index (χ0) is 23.2. The number of nitrogens with one attached hydrogen (secondary N) is 1. The summed E-state index contributed by atoms with van der Waals surface area (Å²) in [6, 6.07) is 16.5. The van der Waals surface area contributed by atoms with Gasteiger partial charge in [-0.25, -0.2) is 13.4 Å². The molecule has 33 heavy (non-hydrogen) atoms. The SMILES string of the molecule is CC1Cc2cc(-c3csc(-c4ccc(NC(=O)c5ccco5)cc4)n3)ccc2N1S(C)(=O)=O.